The second-order valence-electron chi connectivity index (χ2n) is 7.37. The van der Waals surface area contributed by atoms with Crippen LogP contribution in [-0.4, -0.2) is 55.1 Å². The SMILES string of the molecule is O=C(Nc1ccc(N2CCCCC2)cc1)N1CCN(Cc2ccco2)CC1. The first-order valence-electron chi connectivity index (χ1n) is 9.94. The molecule has 1 aromatic carbocycles. The van der Waals surface area contributed by atoms with Crippen molar-refractivity contribution >= 4 is 17.4 Å². The van der Waals surface area contributed by atoms with E-state index >= 15 is 0 Å². The molecule has 27 heavy (non-hydrogen) atoms. The number of nitrogens with one attached hydrogen (secondary N) is 1. The molecule has 2 aliphatic heterocycles. The molecule has 0 spiro atoms. The fourth-order valence-corrected chi connectivity index (χ4v) is 3.84. The zero-order valence-corrected chi connectivity index (χ0v) is 15.8. The van der Waals surface area contributed by atoms with Gasteiger partial charge in [-0.25, -0.2) is 4.79 Å². The Hall–Kier alpha value is -2.47. The standard InChI is InChI=1S/C21H28N4O2/c26-21(25-14-12-23(13-15-25)17-20-5-4-16-27-20)22-18-6-8-19(9-7-18)24-10-2-1-3-11-24/h4-9,16H,1-3,10-15,17H2,(H,22,26). The topological polar surface area (TPSA) is 52.0 Å². The number of hydrogen-bond donors (Lipinski definition) is 1. The molecular formula is C21H28N4O2. The Labute approximate surface area is 160 Å². The molecular weight excluding hydrogens is 340 g/mol. The average Bonchev–Trinajstić information content (AvgIpc) is 3.23. The number of nitrogens with zero attached hydrogens (tertiary/aromatic N) is 3. The van der Waals surface area contributed by atoms with Crippen LogP contribution in [-0.2, 0) is 6.54 Å². The second kappa shape index (κ2) is 8.48. The van der Waals surface area contributed by atoms with Gasteiger partial charge in [0.1, 0.15) is 5.76 Å². The summed E-state index contributed by atoms with van der Waals surface area (Å²) in [6, 6.07) is 12.1. The minimum absolute atomic E-state index is 0.0154. The molecule has 0 saturated carbocycles. The average molecular weight is 368 g/mol. The summed E-state index contributed by atoms with van der Waals surface area (Å²) in [7, 11) is 0. The van der Waals surface area contributed by atoms with Crippen molar-refractivity contribution in [3.63, 3.8) is 0 Å². The maximum atomic E-state index is 12.5. The molecule has 6 nitrogen and oxygen atoms in total. The maximum absolute atomic E-state index is 12.5. The summed E-state index contributed by atoms with van der Waals surface area (Å²) < 4.78 is 5.40. The molecule has 0 aliphatic carbocycles. The third-order valence-electron chi connectivity index (χ3n) is 5.46. The number of amides is 2. The van der Waals surface area contributed by atoms with Gasteiger partial charge in [0.25, 0.3) is 0 Å². The fraction of sp³-hybridized carbons (Fsp3) is 0.476. The number of hydrogen-bond acceptors (Lipinski definition) is 4. The molecule has 0 radical (unpaired) electrons. The summed E-state index contributed by atoms with van der Waals surface area (Å²) in [4.78, 5) is 19.2. The predicted molar refractivity (Wildman–Crippen MR) is 107 cm³/mol. The van der Waals surface area contributed by atoms with Gasteiger partial charge in [-0.05, 0) is 55.7 Å². The van der Waals surface area contributed by atoms with E-state index in [0.717, 1.165) is 57.3 Å². The van der Waals surface area contributed by atoms with Crippen molar-refractivity contribution in [3.05, 3.63) is 48.4 Å². The molecule has 144 valence electrons. The quantitative estimate of drug-likeness (QED) is 0.896. The summed E-state index contributed by atoms with van der Waals surface area (Å²) in [5, 5.41) is 3.03. The molecule has 4 rings (SSSR count). The molecule has 1 N–H and O–H groups in total. The number of piperazine rings is 1. The monoisotopic (exact) mass is 368 g/mol. The smallest absolute Gasteiger partial charge is 0.321 e. The van der Waals surface area contributed by atoms with Gasteiger partial charge in [-0.3, -0.25) is 4.90 Å². The van der Waals surface area contributed by atoms with Crippen LogP contribution < -0.4 is 10.2 Å². The zero-order valence-electron chi connectivity index (χ0n) is 15.8. The Morgan fingerprint density at radius 3 is 2.33 bits per heavy atom. The van der Waals surface area contributed by atoms with Crippen LogP contribution in [0.5, 0.6) is 0 Å². The van der Waals surface area contributed by atoms with Crippen LogP contribution in [0, 0.1) is 0 Å². The van der Waals surface area contributed by atoms with Crippen LogP contribution >= 0.6 is 0 Å². The Morgan fingerprint density at radius 2 is 1.67 bits per heavy atom. The lowest BCUT2D eigenvalue weighted by Gasteiger charge is -2.34. The van der Waals surface area contributed by atoms with E-state index in [1.165, 1.54) is 24.9 Å². The molecule has 2 fully saturated rings. The lowest BCUT2D eigenvalue weighted by atomic mass is 10.1. The van der Waals surface area contributed by atoms with Crippen molar-refractivity contribution in [1.29, 1.82) is 0 Å². The molecule has 1 aromatic heterocycles. The van der Waals surface area contributed by atoms with Crippen molar-refractivity contribution in [2.75, 3.05) is 49.5 Å². The van der Waals surface area contributed by atoms with Gasteiger partial charge in [-0.2, -0.15) is 0 Å². The van der Waals surface area contributed by atoms with Gasteiger partial charge in [0, 0.05) is 50.6 Å². The van der Waals surface area contributed by atoms with Crippen molar-refractivity contribution in [3.8, 4) is 0 Å². The number of piperidine rings is 1. The highest BCUT2D eigenvalue weighted by Gasteiger charge is 2.21. The van der Waals surface area contributed by atoms with Gasteiger partial charge >= 0.3 is 6.03 Å². The first kappa shape index (κ1) is 17.9. The number of carbonyl (C=O) groups excluding carboxylic acids is 1. The molecule has 2 amide bonds. The third kappa shape index (κ3) is 4.63. The highest BCUT2D eigenvalue weighted by molar-refractivity contribution is 5.89. The summed E-state index contributed by atoms with van der Waals surface area (Å²) >= 11 is 0. The molecule has 0 bridgehead atoms. The lowest BCUT2D eigenvalue weighted by molar-refractivity contribution is 0.137. The molecule has 0 atom stereocenters. The number of benzene rings is 1. The van der Waals surface area contributed by atoms with E-state index in [2.05, 4.69) is 27.2 Å². The Balaban J connectivity index is 1.25. The molecule has 6 heteroatoms. The first-order valence-corrected chi connectivity index (χ1v) is 9.94. The van der Waals surface area contributed by atoms with Gasteiger partial charge in [0.15, 0.2) is 0 Å². The Kier molecular flexibility index (Phi) is 5.63. The summed E-state index contributed by atoms with van der Waals surface area (Å²) in [5.41, 5.74) is 2.11. The number of furan rings is 1. The fourth-order valence-electron chi connectivity index (χ4n) is 3.84. The molecule has 0 unspecified atom stereocenters. The van der Waals surface area contributed by atoms with Gasteiger partial charge in [-0.1, -0.05) is 0 Å². The van der Waals surface area contributed by atoms with E-state index in [1.807, 2.05) is 29.2 Å². The molecule has 2 saturated heterocycles. The largest absolute Gasteiger partial charge is 0.468 e. The van der Waals surface area contributed by atoms with Crippen LogP contribution in [0.1, 0.15) is 25.0 Å². The zero-order chi connectivity index (χ0) is 18.5. The predicted octanol–water partition coefficient (Wildman–Crippen LogP) is 3.62. The van der Waals surface area contributed by atoms with E-state index in [9.17, 15) is 4.79 Å². The van der Waals surface area contributed by atoms with Crippen LogP contribution in [0.4, 0.5) is 16.2 Å². The van der Waals surface area contributed by atoms with Crippen molar-refractivity contribution in [2.45, 2.75) is 25.8 Å². The highest BCUT2D eigenvalue weighted by Crippen LogP contribution is 2.22. The van der Waals surface area contributed by atoms with E-state index in [0.29, 0.717) is 0 Å². The van der Waals surface area contributed by atoms with Crippen LogP contribution in [0.3, 0.4) is 0 Å². The Morgan fingerprint density at radius 1 is 0.926 bits per heavy atom. The van der Waals surface area contributed by atoms with E-state index in [-0.39, 0.29) is 6.03 Å². The molecule has 2 aromatic rings. The number of carbonyl (C=O) groups is 1. The van der Waals surface area contributed by atoms with Crippen molar-refractivity contribution in [1.82, 2.24) is 9.80 Å². The van der Waals surface area contributed by atoms with Crippen LogP contribution in [0.2, 0.25) is 0 Å². The van der Waals surface area contributed by atoms with Crippen LogP contribution in [0.15, 0.2) is 47.1 Å². The second-order valence-corrected chi connectivity index (χ2v) is 7.37. The van der Waals surface area contributed by atoms with E-state index in [4.69, 9.17) is 4.42 Å². The van der Waals surface area contributed by atoms with E-state index in [1.54, 1.807) is 6.26 Å². The van der Waals surface area contributed by atoms with Crippen molar-refractivity contribution < 1.29 is 9.21 Å². The summed E-state index contributed by atoms with van der Waals surface area (Å²) in [6.45, 7) is 6.27. The van der Waals surface area contributed by atoms with Gasteiger partial charge < -0.3 is 19.5 Å². The summed E-state index contributed by atoms with van der Waals surface area (Å²) in [6.07, 6.45) is 5.57. The maximum Gasteiger partial charge on any atom is 0.321 e. The normalized spacial score (nSPS) is 18.5. The first-order chi connectivity index (χ1) is 13.3. The molecule has 2 aliphatic rings. The van der Waals surface area contributed by atoms with Gasteiger partial charge in [-0.15, -0.1) is 0 Å². The lowest BCUT2D eigenvalue weighted by Crippen LogP contribution is -2.49. The minimum atomic E-state index is -0.0154. The van der Waals surface area contributed by atoms with Crippen LogP contribution in [0.25, 0.3) is 0 Å². The number of urea groups is 1. The third-order valence-corrected chi connectivity index (χ3v) is 5.46. The molecule has 3 heterocycles. The minimum Gasteiger partial charge on any atom is -0.468 e. The van der Waals surface area contributed by atoms with Gasteiger partial charge in [0.2, 0.25) is 0 Å². The van der Waals surface area contributed by atoms with Gasteiger partial charge in [0.05, 0.1) is 12.8 Å². The highest BCUT2D eigenvalue weighted by atomic mass is 16.3. The van der Waals surface area contributed by atoms with Crippen molar-refractivity contribution in [2.24, 2.45) is 0 Å². The number of anilines is 2. The number of rotatable bonds is 4. The summed E-state index contributed by atoms with van der Waals surface area (Å²) in [5.74, 6) is 0.974. The Bertz CT molecular complexity index is 715. The van der Waals surface area contributed by atoms with E-state index < -0.39 is 0 Å².